The van der Waals surface area contributed by atoms with Crippen LogP contribution < -0.4 is 5.73 Å². The normalized spacial score (nSPS) is 29.6. The Labute approximate surface area is 134 Å². The van der Waals surface area contributed by atoms with Crippen molar-refractivity contribution in [2.75, 3.05) is 0 Å². The first kappa shape index (κ1) is 15.7. The SMILES string of the molecule is Cc1ccc(S(=O)(=O)ON2C3C=CC(C3)[C@@]2(C#N)C(N)=O)cc1. The van der Waals surface area contributed by atoms with Gasteiger partial charge in [0.15, 0.2) is 0 Å². The maximum atomic E-state index is 12.5. The standard InChI is InChI=1S/C15H15N3O4S/c1-10-2-6-13(7-3-10)23(20,21)22-18-12-5-4-11(8-12)15(18,9-16)14(17)19/h2-7,11-12H,8H2,1H3,(H2,17,19)/t11?,12?,15-/m0/s1. The lowest BCUT2D eigenvalue weighted by Crippen LogP contribution is -2.59. The molecule has 2 aliphatic rings. The smallest absolute Gasteiger partial charge is 0.313 e. The molecule has 2 unspecified atom stereocenters. The van der Waals surface area contributed by atoms with Crippen molar-refractivity contribution in [1.82, 2.24) is 5.06 Å². The van der Waals surface area contributed by atoms with Gasteiger partial charge in [-0.25, -0.2) is 0 Å². The predicted octanol–water partition coefficient (Wildman–Crippen LogP) is 0.623. The van der Waals surface area contributed by atoms with Gasteiger partial charge >= 0.3 is 10.1 Å². The minimum absolute atomic E-state index is 0.0498. The number of nitriles is 1. The third kappa shape index (κ3) is 2.25. The Balaban J connectivity index is 1.98. The molecule has 0 spiro atoms. The van der Waals surface area contributed by atoms with Gasteiger partial charge in [-0.15, -0.1) is 5.06 Å². The molecule has 120 valence electrons. The predicted molar refractivity (Wildman–Crippen MR) is 79.9 cm³/mol. The highest BCUT2D eigenvalue weighted by Crippen LogP contribution is 2.45. The molecule has 1 aliphatic carbocycles. The lowest BCUT2D eigenvalue weighted by molar-refractivity contribution is -0.152. The molecule has 3 atom stereocenters. The molecule has 23 heavy (non-hydrogen) atoms. The summed E-state index contributed by atoms with van der Waals surface area (Å²) in [7, 11) is -4.16. The topological polar surface area (TPSA) is 113 Å². The minimum atomic E-state index is -4.16. The number of hydrogen-bond acceptors (Lipinski definition) is 6. The Morgan fingerprint density at radius 3 is 2.61 bits per heavy atom. The van der Waals surface area contributed by atoms with Crippen LogP contribution in [-0.4, -0.2) is 31.0 Å². The minimum Gasteiger partial charge on any atom is -0.367 e. The molecule has 1 fully saturated rings. The van der Waals surface area contributed by atoms with Crippen LogP contribution in [0.2, 0.25) is 0 Å². The van der Waals surface area contributed by atoms with Gasteiger partial charge in [0, 0.05) is 5.92 Å². The third-order valence-electron chi connectivity index (χ3n) is 4.28. The van der Waals surface area contributed by atoms with Crippen LogP contribution in [0.5, 0.6) is 0 Å². The van der Waals surface area contributed by atoms with E-state index in [1.54, 1.807) is 24.3 Å². The van der Waals surface area contributed by atoms with Gasteiger partial charge in [-0.3, -0.25) is 4.79 Å². The first-order valence-corrected chi connectivity index (χ1v) is 8.42. The molecular weight excluding hydrogens is 318 g/mol. The van der Waals surface area contributed by atoms with E-state index in [9.17, 15) is 18.5 Å². The molecule has 1 aromatic rings. The van der Waals surface area contributed by atoms with Gasteiger partial charge in [-0.05, 0) is 25.5 Å². The number of hydroxylamine groups is 2. The number of fused-ring (bicyclic) bond motifs is 2. The van der Waals surface area contributed by atoms with Gasteiger partial charge in [0.2, 0.25) is 5.54 Å². The summed E-state index contributed by atoms with van der Waals surface area (Å²) in [6.45, 7) is 1.83. The number of rotatable bonds is 4. The highest BCUT2D eigenvalue weighted by molar-refractivity contribution is 7.86. The van der Waals surface area contributed by atoms with Gasteiger partial charge in [0.05, 0.1) is 17.0 Å². The Morgan fingerprint density at radius 2 is 2.04 bits per heavy atom. The highest BCUT2D eigenvalue weighted by atomic mass is 32.2. The molecule has 0 radical (unpaired) electrons. The van der Waals surface area contributed by atoms with Crippen molar-refractivity contribution in [2.45, 2.75) is 29.8 Å². The summed E-state index contributed by atoms with van der Waals surface area (Å²) in [5, 5.41) is 10.4. The van der Waals surface area contributed by atoms with E-state index in [1.165, 1.54) is 12.1 Å². The molecule has 7 nitrogen and oxygen atoms in total. The maximum absolute atomic E-state index is 12.5. The van der Waals surface area contributed by atoms with Crippen LogP contribution in [0.1, 0.15) is 12.0 Å². The fraction of sp³-hybridized carbons (Fsp3) is 0.333. The van der Waals surface area contributed by atoms with Crippen LogP contribution in [0, 0.1) is 24.2 Å². The van der Waals surface area contributed by atoms with E-state index >= 15 is 0 Å². The molecule has 2 bridgehead atoms. The van der Waals surface area contributed by atoms with Gasteiger partial charge in [-0.2, -0.15) is 18.0 Å². The van der Waals surface area contributed by atoms with Crippen LogP contribution in [0.3, 0.4) is 0 Å². The Bertz CT molecular complexity index is 825. The molecule has 1 saturated heterocycles. The van der Waals surface area contributed by atoms with Crippen molar-refractivity contribution in [3.63, 3.8) is 0 Å². The van der Waals surface area contributed by atoms with Crippen molar-refractivity contribution < 1.29 is 17.5 Å². The van der Waals surface area contributed by atoms with Crippen molar-refractivity contribution in [2.24, 2.45) is 11.7 Å². The van der Waals surface area contributed by atoms with Crippen LogP contribution in [0.15, 0.2) is 41.3 Å². The molecule has 1 aromatic carbocycles. The molecule has 0 aromatic heterocycles. The van der Waals surface area contributed by atoms with Crippen molar-refractivity contribution in [3.8, 4) is 6.07 Å². The zero-order valence-corrected chi connectivity index (χ0v) is 13.2. The number of carbonyl (C=O) groups is 1. The second-order valence-electron chi connectivity index (χ2n) is 5.70. The van der Waals surface area contributed by atoms with Gasteiger partial charge in [0.1, 0.15) is 0 Å². The van der Waals surface area contributed by atoms with E-state index in [2.05, 4.69) is 0 Å². The second-order valence-corrected chi connectivity index (χ2v) is 7.23. The van der Waals surface area contributed by atoms with E-state index in [-0.39, 0.29) is 4.90 Å². The van der Waals surface area contributed by atoms with E-state index in [0.29, 0.717) is 6.42 Å². The molecular formula is C15H15N3O4S. The fourth-order valence-electron chi connectivity index (χ4n) is 3.03. The lowest BCUT2D eigenvalue weighted by atomic mass is 9.87. The van der Waals surface area contributed by atoms with E-state index in [0.717, 1.165) is 10.6 Å². The number of nitrogens with two attached hydrogens (primary N) is 1. The summed E-state index contributed by atoms with van der Waals surface area (Å²) in [6.07, 6.45) is 3.84. The highest BCUT2D eigenvalue weighted by Gasteiger charge is 2.61. The summed E-state index contributed by atoms with van der Waals surface area (Å²) in [6, 6.07) is 7.47. The Kier molecular flexibility index (Phi) is 3.52. The van der Waals surface area contributed by atoms with Crippen LogP contribution in [0.25, 0.3) is 0 Å². The largest absolute Gasteiger partial charge is 0.367 e. The number of carbonyl (C=O) groups excluding carboxylic acids is 1. The number of aryl methyl sites for hydroxylation is 1. The van der Waals surface area contributed by atoms with Gasteiger partial charge < -0.3 is 5.73 Å². The monoisotopic (exact) mass is 333 g/mol. The molecule has 0 saturated carbocycles. The summed E-state index contributed by atoms with van der Waals surface area (Å²) in [5.74, 6) is -1.40. The molecule has 1 aliphatic heterocycles. The lowest BCUT2D eigenvalue weighted by Gasteiger charge is -2.34. The van der Waals surface area contributed by atoms with Gasteiger partial charge in [-0.1, -0.05) is 29.8 Å². The van der Waals surface area contributed by atoms with Crippen LogP contribution in [-0.2, 0) is 19.2 Å². The number of hydrogen-bond donors (Lipinski definition) is 1. The third-order valence-corrected chi connectivity index (χ3v) is 5.49. The van der Waals surface area contributed by atoms with Crippen LogP contribution in [0.4, 0.5) is 0 Å². The van der Waals surface area contributed by atoms with Crippen molar-refractivity contribution in [1.29, 1.82) is 5.26 Å². The fourth-order valence-corrected chi connectivity index (χ4v) is 4.03. The van der Waals surface area contributed by atoms with Gasteiger partial charge in [0.25, 0.3) is 5.91 Å². The number of benzene rings is 1. The van der Waals surface area contributed by atoms with E-state index < -0.39 is 33.5 Å². The van der Waals surface area contributed by atoms with E-state index in [1.807, 2.05) is 13.0 Å². The number of amides is 1. The average molecular weight is 333 g/mol. The maximum Gasteiger partial charge on any atom is 0.313 e. The molecule has 2 N–H and O–H groups in total. The molecule has 3 rings (SSSR count). The van der Waals surface area contributed by atoms with Crippen molar-refractivity contribution >= 4 is 16.0 Å². The average Bonchev–Trinajstić information content (AvgIpc) is 3.07. The first-order chi connectivity index (χ1) is 10.8. The number of primary amides is 1. The summed E-state index contributed by atoms with van der Waals surface area (Å²) in [5.41, 5.74) is 4.48. The summed E-state index contributed by atoms with van der Waals surface area (Å²) >= 11 is 0. The summed E-state index contributed by atoms with van der Waals surface area (Å²) < 4.78 is 30.1. The second kappa shape index (κ2) is 5.16. The Morgan fingerprint density at radius 1 is 1.39 bits per heavy atom. The number of nitrogens with zero attached hydrogens (tertiary/aromatic N) is 2. The Hall–Kier alpha value is -2.21. The van der Waals surface area contributed by atoms with E-state index in [4.69, 9.17) is 10.0 Å². The molecule has 1 amide bonds. The zero-order chi connectivity index (χ0) is 16.8. The summed E-state index contributed by atoms with van der Waals surface area (Å²) in [4.78, 5) is 11.8. The zero-order valence-electron chi connectivity index (χ0n) is 12.3. The van der Waals surface area contributed by atoms with Crippen LogP contribution >= 0.6 is 0 Å². The first-order valence-electron chi connectivity index (χ1n) is 7.01. The quantitative estimate of drug-likeness (QED) is 0.808. The molecule has 1 heterocycles. The van der Waals surface area contributed by atoms with Crippen molar-refractivity contribution in [3.05, 3.63) is 42.0 Å². The molecule has 8 heteroatoms.